The summed E-state index contributed by atoms with van der Waals surface area (Å²) < 4.78 is 23.4. The number of phosphoric acid groups is 1. The van der Waals surface area contributed by atoms with E-state index in [1.807, 2.05) is 27.2 Å². The number of aliphatic hydroxyl groups excluding tert-OH is 1. The Morgan fingerprint density at radius 1 is 0.630 bits per heavy atom. The molecule has 316 valence electrons. The summed E-state index contributed by atoms with van der Waals surface area (Å²) in [7, 11) is 1.56. The van der Waals surface area contributed by atoms with E-state index in [2.05, 4.69) is 55.6 Å². The molecule has 0 rings (SSSR count). The number of phosphoric ester groups is 1. The van der Waals surface area contributed by atoms with Gasteiger partial charge in [0.15, 0.2) is 0 Å². The molecule has 3 atom stereocenters. The normalized spacial score (nSPS) is 14.9. The molecule has 0 saturated carbocycles. The fourth-order valence-electron chi connectivity index (χ4n) is 5.99. The second-order valence-electron chi connectivity index (χ2n) is 16.1. The van der Waals surface area contributed by atoms with Gasteiger partial charge in [0.05, 0.1) is 39.9 Å². The van der Waals surface area contributed by atoms with E-state index in [0.29, 0.717) is 17.4 Å². The molecule has 3 N–H and O–H groups in total. The lowest BCUT2D eigenvalue weighted by Gasteiger charge is -2.25. The molecule has 0 spiro atoms. The molecule has 0 aromatic carbocycles. The monoisotopic (exact) mass is 782 g/mol. The first-order valence-electron chi connectivity index (χ1n) is 22.0. The van der Waals surface area contributed by atoms with Crippen LogP contribution in [-0.2, 0) is 18.4 Å². The van der Waals surface area contributed by atoms with E-state index >= 15 is 0 Å². The maximum atomic E-state index is 12.8. The molecule has 3 unspecified atom stereocenters. The summed E-state index contributed by atoms with van der Waals surface area (Å²) in [6.45, 7) is 4.72. The molecule has 0 fully saturated rings. The lowest BCUT2D eigenvalue weighted by atomic mass is 10.0. The van der Waals surface area contributed by atoms with E-state index in [0.717, 1.165) is 51.4 Å². The summed E-state index contributed by atoms with van der Waals surface area (Å²) in [5.41, 5.74) is 0. The van der Waals surface area contributed by atoms with Gasteiger partial charge in [-0.1, -0.05) is 165 Å². The molecular weight excluding hydrogens is 695 g/mol. The Kier molecular flexibility index (Phi) is 36.0. The van der Waals surface area contributed by atoms with Crippen LogP contribution in [0.25, 0.3) is 0 Å². The van der Waals surface area contributed by atoms with Crippen molar-refractivity contribution in [1.29, 1.82) is 0 Å². The standard InChI is InChI=1S/C45H85N2O6P/c1-6-8-10-12-14-15-16-17-18-19-20-21-22-23-24-25-26-27-28-29-30-31-33-35-37-39-45(49)46-43(44(48)38-36-34-32-13-11-9-7-2)42-53-54(50,51)52-41-40-47(3,4)5/h16-17,19-20,22-23,36,38,43-44,48H,6-15,18,21,24-35,37,39-42H2,1-5H3,(H-,46,49,50,51)/p+1/b17-16-,20-19-,23-22-,38-36+. The Morgan fingerprint density at radius 2 is 1.06 bits per heavy atom. The molecule has 1 amide bonds. The molecule has 0 aliphatic heterocycles. The van der Waals surface area contributed by atoms with Gasteiger partial charge in [-0.2, -0.15) is 0 Å². The number of nitrogens with zero attached hydrogens (tertiary/aromatic N) is 1. The Bertz CT molecular complexity index is 1020. The van der Waals surface area contributed by atoms with Crippen LogP contribution in [0.3, 0.4) is 0 Å². The summed E-state index contributed by atoms with van der Waals surface area (Å²) in [5.74, 6) is -0.188. The summed E-state index contributed by atoms with van der Waals surface area (Å²) in [5, 5.41) is 13.7. The minimum atomic E-state index is -4.33. The minimum Gasteiger partial charge on any atom is -0.387 e. The highest BCUT2D eigenvalue weighted by atomic mass is 31.2. The summed E-state index contributed by atoms with van der Waals surface area (Å²) in [6, 6.07) is -0.846. The maximum absolute atomic E-state index is 12.8. The van der Waals surface area contributed by atoms with E-state index in [-0.39, 0.29) is 19.1 Å². The van der Waals surface area contributed by atoms with Crippen molar-refractivity contribution >= 4 is 13.7 Å². The van der Waals surface area contributed by atoms with E-state index < -0.39 is 20.0 Å². The first-order valence-corrected chi connectivity index (χ1v) is 23.5. The Morgan fingerprint density at radius 3 is 1.54 bits per heavy atom. The van der Waals surface area contributed by atoms with Crippen molar-refractivity contribution in [1.82, 2.24) is 5.32 Å². The number of amides is 1. The topological polar surface area (TPSA) is 105 Å². The Balaban J connectivity index is 4.15. The van der Waals surface area contributed by atoms with E-state index in [4.69, 9.17) is 9.05 Å². The second-order valence-corrected chi connectivity index (χ2v) is 17.5. The summed E-state index contributed by atoms with van der Waals surface area (Å²) in [4.78, 5) is 23.0. The molecule has 54 heavy (non-hydrogen) atoms. The quantitative estimate of drug-likeness (QED) is 0.0248. The molecular formula is C45H86N2O6P+. The highest BCUT2D eigenvalue weighted by Crippen LogP contribution is 2.43. The molecule has 9 heteroatoms. The van der Waals surface area contributed by atoms with Crippen LogP contribution in [0.2, 0.25) is 0 Å². The number of carbonyl (C=O) groups is 1. The first-order chi connectivity index (χ1) is 26.0. The van der Waals surface area contributed by atoms with Crippen molar-refractivity contribution in [3.63, 3.8) is 0 Å². The molecule has 0 aromatic rings. The van der Waals surface area contributed by atoms with E-state index in [9.17, 15) is 19.4 Å². The molecule has 0 aliphatic carbocycles. The van der Waals surface area contributed by atoms with Crippen LogP contribution in [-0.4, -0.2) is 73.4 Å². The van der Waals surface area contributed by atoms with Crippen LogP contribution >= 0.6 is 7.82 Å². The lowest BCUT2D eigenvalue weighted by Crippen LogP contribution is -2.45. The fourth-order valence-corrected chi connectivity index (χ4v) is 6.72. The van der Waals surface area contributed by atoms with Crippen LogP contribution in [0, 0.1) is 0 Å². The highest BCUT2D eigenvalue weighted by molar-refractivity contribution is 7.47. The third kappa shape index (κ3) is 38.7. The van der Waals surface area contributed by atoms with Crippen LogP contribution in [0.15, 0.2) is 48.6 Å². The van der Waals surface area contributed by atoms with Gasteiger partial charge in [-0.05, 0) is 57.8 Å². The van der Waals surface area contributed by atoms with Gasteiger partial charge >= 0.3 is 7.82 Å². The predicted molar refractivity (Wildman–Crippen MR) is 231 cm³/mol. The van der Waals surface area contributed by atoms with Crippen LogP contribution in [0.4, 0.5) is 0 Å². The van der Waals surface area contributed by atoms with Gasteiger partial charge in [-0.15, -0.1) is 0 Å². The van der Waals surface area contributed by atoms with Gasteiger partial charge in [0.2, 0.25) is 5.91 Å². The first kappa shape index (κ1) is 52.5. The van der Waals surface area contributed by atoms with E-state index in [1.54, 1.807) is 6.08 Å². The zero-order valence-corrected chi connectivity index (χ0v) is 36.6. The van der Waals surface area contributed by atoms with Gasteiger partial charge in [0.25, 0.3) is 0 Å². The number of rotatable bonds is 39. The molecule has 0 radical (unpaired) electrons. The van der Waals surface area contributed by atoms with Gasteiger partial charge < -0.3 is 19.8 Å². The fraction of sp³-hybridized carbons (Fsp3) is 0.800. The largest absolute Gasteiger partial charge is 0.472 e. The summed E-state index contributed by atoms with van der Waals surface area (Å²) in [6.07, 6.45) is 46.3. The van der Waals surface area contributed by atoms with Crippen LogP contribution in [0.1, 0.15) is 181 Å². The zero-order valence-electron chi connectivity index (χ0n) is 35.7. The smallest absolute Gasteiger partial charge is 0.387 e. The van der Waals surface area contributed by atoms with Crippen molar-refractivity contribution in [2.24, 2.45) is 0 Å². The Labute approximate surface area is 333 Å². The number of aliphatic hydroxyl groups is 1. The number of quaternary nitrogens is 1. The van der Waals surface area contributed by atoms with Crippen LogP contribution < -0.4 is 5.32 Å². The SMILES string of the molecule is CCCCCCC/C=C\C/C=C\C/C=C\CCCCCCCCCCCCC(=O)NC(COP(=O)(O)OCC[N+](C)(C)C)C(O)/C=C/CCCCCCC. The van der Waals surface area contributed by atoms with E-state index in [1.165, 1.54) is 109 Å². The third-order valence-electron chi connectivity index (χ3n) is 9.54. The zero-order chi connectivity index (χ0) is 40.0. The average Bonchev–Trinajstić information content (AvgIpc) is 3.12. The van der Waals surface area contributed by atoms with Crippen LogP contribution in [0.5, 0.6) is 0 Å². The third-order valence-corrected chi connectivity index (χ3v) is 10.5. The van der Waals surface area contributed by atoms with Gasteiger partial charge in [-0.25, -0.2) is 4.57 Å². The van der Waals surface area contributed by atoms with Gasteiger partial charge in [0.1, 0.15) is 13.2 Å². The number of likely N-dealkylation sites (N-methyl/N-ethyl adjacent to an activating group) is 1. The number of allylic oxidation sites excluding steroid dienone is 7. The second kappa shape index (κ2) is 37.1. The number of nitrogens with one attached hydrogen (secondary N) is 1. The number of unbranched alkanes of at least 4 members (excludes halogenated alkanes) is 20. The van der Waals surface area contributed by atoms with Gasteiger partial charge in [-0.3, -0.25) is 13.8 Å². The highest BCUT2D eigenvalue weighted by Gasteiger charge is 2.27. The number of hydrogen-bond acceptors (Lipinski definition) is 5. The number of carbonyl (C=O) groups excluding carboxylic acids is 1. The minimum absolute atomic E-state index is 0.0587. The van der Waals surface area contributed by atoms with Crippen molar-refractivity contribution in [2.75, 3.05) is 40.9 Å². The van der Waals surface area contributed by atoms with Gasteiger partial charge in [0, 0.05) is 6.42 Å². The predicted octanol–water partition coefficient (Wildman–Crippen LogP) is 12.1. The Hall–Kier alpha value is -1.54. The maximum Gasteiger partial charge on any atom is 0.472 e. The number of hydrogen-bond donors (Lipinski definition) is 3. The summed E-state index contributed by atoms with van der Waals surface area (Å²) >= 11 is 0. The molecule has 0 aromatic heterocycles. The molecule has 0 saturated heterocycles. The molecule has 8 nitrogen and oxygen atoms in total. The van der Waals surface area contributed by atoms with Crippen molar-refractivity contribution < 1.29 is 32.9 Å². The average molecular weight is 782 g/mol. The van der Waals surface area contributed by atoms with Crippen molar-refractivity contribution in [2.45, 2.75) is 193 Å². The van der Waals surface area contributed by atoms with Crippen molar-refractivity contribution in [3.05, 3.63) is 48.6 Å². The lowest BCUT2D eigenvalue weighted by molar-refractivity contribution is -0.870. The van der Waals surface area contributed by atoms with Crippen molar-refractivity contribution in [3.8, 4) is 0 Å². The molecule has 0 bridgehead atoms. The molecule has 0 heterocycles. The molecule has 0 aliphatic rings.